The Balaban J connectivity index is 1.93. The minimum atomic E-state index is 0.568. The number of hydrogen-bond donors (Lipinski definition) is 2. The Morgan fingerprint density at radius 2 is 1.94 bits per heavy atom. The first kappa shape index (κ1) is 11.2. The van der Waals surface area contributed by atoms with Gasteiger partial charge in [-0.1, -0.05) is 12.1 Å². The SMILES string of the molecule is NCc1ccc(Nc2nccc3sccc23)cc1. The number of anilines is 2. The second-order valence-corrected chi connectivity index (χ2v) is 4.97. The van der Waals surface area contributed by atoms with Crippen LogP contribution in [0, 0.1) is 0 Å². The molecule has 0 spiro atoms. The maximum Gasteiger partial charge on any atom is 0.139 e. The molecular weight excluding hydrogens is 242 g/mol. The van der Waals surface area contributed by atoms with E-state index in [1.54, 1.807) is 11.3 Å². The van der Waals surface area contributed by atoms with Crippen LogP contribution >= 0.6 is 11.3 Å². The quantitative estimate of drug-likeness (QED) is 0.753. The van der Waals surface area contributed by atoms with Gasteiger partial charge in [-0.15, -0.1) is 11.3 Å². The smallest absolute Gasteiger partial charge is 0.139 e. The molecule has 0 unspecified atom stereocenters. The monoisotopic (exact) mass is 255 g/mol. The molecule has 0 aliphatic rings. The summed E-state index contributed by atoms with van der Waals surface area (Å²) in [5.74, 6) is 0.897. The Hall–Kier alpha value is -1.91. The Morgan fingerprint density at radius 1 is 1.11 bits per heavy atom. The number of rotatable bonds is 3. The van der Waals surface area contributed by atoms with Crippen LogP contribution in [0.15, 0.2) is 48.0 Å². The van der Waals surface area contributed by atoms with Crippen molar-refractivity contribution in [1.29, 1.82) is 0 Å². The van der Waals surface area contributed by atoms with Gasteiger partial charge in [-0.25, -0.2) is 4.98 Å². The summed E-state index contributed by atoms with van der Waals surface area (Å²) in [5, 5.41) is 6.58. The second kappa shape index (κ2) is 4.76. The molecule has 3 N–H and O–H groups in total. The zero-order valence-electron chi connectivity index (χ0n) is 9.76. The van der Waals surface area contributed by atoms with E-state index >= 15 is 0 Å². The van der Waals surface area contributed by atoms with Gasteiger partial charge in [0.25, 0.3) is 0 Å². The van der Waals surface area contributed by atoms with E-state index in [2.05, 4.69) is 21.7 Å². The zero-order valence-corrected chi connectivity index (χ0v) is 10.6. The molecule has 90 valence electrons. The Kier molecular flexibility index (Phi) is 2.96. The van der Waals surface area contributed by atoms with Crippen LogP contribution in [0.3, 0.4) is 0 Å². The van der Waals surface area contributed by atoms with E-state index in [-0.39, 0.29) is 0 Å². The Morgan fingerprint density at radius 3 is 2.72 bits per heavy atom. The molecule has 4 heteroatoms. The number of aromatic nitrogens is 1. The van der Waals surface area contributed by atoms with E-state index in [1.165, 1.54) is 4.70 Å². The third-order valence-electron chi connectivity index (χ3n) is 2.83. The number of nitrogens with zero attached hydrogens (tertiary/aromatic N) is 1. The molecule has 1 aromatic carbocycles. The van der Waals surface area contributed by atoms with Crippen molar-refractivity contribution < 1.29 is 0 Å². The summed E-state index contributed by atoms with van der Waals surface area (Å²) in [6.07, 6.45) is 1.83. The summed E-state index contributed by atoms with van der Waals surface area (Å²) in [5.41, 5.74) is 7.73. The summed E-state index contributed by atoms with van der Waals surface area (Å²) in [6, 6.07) is 12.2. The van der Waals surface area contributed by atoms with Crippen molar-refractivity contribution in [3.8, 4) is 0 Å². The van der Waals surface area contributed by atoms with E-state index in [9.17, 15) is 0 Å². The van der Waals surface area contributed by atoms with Crippen LogP contribution in [-0.2, 0) is 6.54 Å². The van der Waals surface area contributed by atoms with Crippen molar-refractivity contribution in [2.75, 3.05) is 5.32 Å². The Labute approximate surface area is 109 Å². The van der Waals surface area contributed by atoms with Gasteiger partial charge in [0.05, 0.1) is 0 Å². The van der Waals surface area contributed by atoms with Gasteiger partial charge in [-0.2, -0.15) is 0 Å². The number of hydrogen-bond acceptors (Lipinski definition) is 4. The highest BCUT2D eigenvalue weighted by Crippen LogP contribution is 2.27. The molecule has 2 aromatic heterocycles. The maximum absolute atomic E-state index is 5.58. The van der Waals surface area contributed by atoms with Gasteiger partial charge in [0.2, 0.25) is 0 Å². The lowest BCUT2D eigenvalue weighted by atomic mass is 10.2. The Bertz CT molecular complexity index is 658. The standard InChI is InChI=1S/C14H13N3S/c15-9-10-1-3-11(4-2-10)17-14-12-6-8-18-13(12)5-7-16-14/h1-8H,9,15H2,(H,16,17). The van der Waals surface area contributed by atoms with Crippen molar-refractivity contribution in [2.45, 2.75) is 6.54 Å². The highest BCUT2D eigenvalue weighted by atomic mass is 32.1. The molecule has 3 nitrogen and oxygen atoms in total. The van der Waals surface area contributed by atoms with Gasteiger partial charge >= 0.3 is 0 Å². The molecule has 0 aliphatic carbocycles. The fraction of sp³-hybridized carbons (Fsp3) is 0.0714. The lowest BCUT2D eigenvalue weighted by Crippen LogP contribution is -1.97. The first-order chi connectivity index (χ1) is 8.86. The zero-order chi connectivity index (χ0) is 12.4. The highest BCUT2D eigenvalue weighted by Gasteiger charge is 2.03. The fourth-order valence-electron chi connectivity index (χ4n) is 1.86. The topological polar surface area (TPSA) is 50.9 Å². The average molecular weight is 255 g/mol. The predicted octanol–water partition coefficient (Wildman–Crippen LogP) is 3.50. The first-order valence-corrected chi connectivity index (χ1v) is 6.63. The van der Waals surface area contributed by atoms with Gasteiger partial charge in [0, 0.05) is 28.5 Å². The molecule has 0 fully saturated rings. The molecule has 0 amide bonds. The average Bonchev–Trinajstić information content (AvgIpc) is 2.89. The summed E-state index contributed by atoms with van der Waals surface area (Å²) in [7, 11) is 0. The lowest BCUT2D eigenvalue weighted by molar-refractivity contribution is 1.07. The van der Waals surface area contributed by atoms with Crippen LogP contribution in [0.25, 0.3) is 10.1 Å². The van der Waals surface area contributed by atoms with Gasteiger partial charge in [-0.05, 0) is 35.2 Å². The van der Waals surface area contributed by atoms with Gasteiger partial charge in [0.15, 0.2) is 0 Å². The van der Waals surface area contributed by atoms with Gasteiger partial charge < -0.3 is 11.1 Å². The summed E-state index contributed by atoms with van der Waals surface area (Å²) >= 11 is 1.72. The second-order valence-electron chi connectivity index (χ2n) is 4.02. The molecule has 0 saturated heterocycles. The largest absolute Gasteiger partial charge is 0.340 e. The van der Waals surface area contributed by atoms with Crippen molar-refractivity contribution in [3.05, 3.63) is 53.5 Å². The fourth-order valence-corrected chi connectivity index (χ4v) is 2.64. The predicted molar refractivity (Wildman–Crippen MR) is 77.2 cm³/mol. The molecule has 3 aromatic rings. The van der Waals surface area contributed by atoms with E-state index in [1.807, 2.05) is 36.5 Å². The number of nitrogens with one attached hydrogen (secondary N) is 1. The first-order valence-electron chi connectivity index (χ1n) is 5.75. The van der Waals surface area contributed by atoms with Crippen molar-refractivity contribution in [3.63, 3.8) is 0 Å². The molecule has 3 rings (SSSR count). The van der Waals surface area contributed by atoms with E-state index in [0.29, 0.717) is 6.54 Å². The molecule has 0 bridgehead atoms. The van der Waals surface area contributed by atoms with Gasteiger partial charge in [-0.3, -0.25) is 0 Å². The molecule has 0 saturated carbocycles. The molecule has 2 heterocycles. The maximum atomic E-state index is 5.58. The van der Waals surface area contributed by atoms with Crippen LogP contribution in [0.1, 0.15) is 5.56 Å². The highest BCUT2D eigenvalue weighted by molar-refractivity contribution is 7.17. The minimum Gasteiger partial charge on any atom is -0.340 e. The third-order valence-corrected chi connectivity index (χ3v) is 3.71. The van der Waals surface area contributed by atoms with Crippen molar-refractivity contribution >= 4 is 32.9 Å². The molecule has 0 aliphatic heterocycles. The molecular formula is C14H13N3S. The normalized spacial score (nSPS) is 10.7. The van der Waals surface area contributed by atoms with Crippen LogP contribution in [0.5, 0.6) is 0 Å². The summed E-state index contributed by atoms with van der Waals surface area (Å²) in [6.45, 7) is 0.568. The number of nitrogens with two attached hydrogens (primary N) is 1. The summed E-state index contributed by atoms with van der Waals surface area (Å²) in [4.78, 5) is 4.39. The lowest BCUT2D eigenvalue weighted by Gasteiger charge is -2.07. The van der Waals surface area contributed by atoms with Crippen molar-refractivity contribution in [1.82, 2.24) is 4.98 Å². The van der Waals surface area contributed by atoms with Gasteiger partial charge in [0.1, 0.15) is 5.82 Å². The number of benzene rings is 1. The van der Waals surface area contributed by atoms with Crippen LogP contribution in [0.2, 0.25) is 0 Å². The van der Waals surface area contributed by atoms with Crippen LogP contribution < -0.4 is 11.1 Å². The van der Waals surface area contributed by atoms with Crippen molar-refractivity contribution in [2.24, 2.45) is 5.73 Å². The number of pyridine rings is 1. The van der Waals surface area contributed by atoms with Crippen LogP contribution in [-0.4, -0.2) is 4.98 Å². The van der Waals surface area contributed by atoms with Crippen LogP contribution in [0.4, 0.5) is 11.5 Å². The molecule has 0 atom stereocenters. The van der Waals surface area contributed by atoms with E-state index in [4.69, 9.17) is 5.73 Å². The van der Waals surface area contributed by atoms with E-state index < -0.39 is 0 Å². The number of thiophene rings is 1. The molecule has 0 radical (unpaired) electrons. The third kappa shape index (κ3) is 2.08. The summed E-state index contributed by atoms with van der Waals surface area (Å²) < 4.78 is 1.24. The number of fused-ring (bicyclic) bond motifs is 1. The minimum absolute atomic E-state index is 0.568. The van der Waals surface area contributed by atoms with E-state index in [0.717, 1.165) is 22.5 Å². The molecule has 18 heavy (non-hydrogen) atoms.